The van der Waals surface area contributed by atoms with Crippen molar-refractivity contribution in [2.24, 2.45) is 0 Å². The van der Waals surface area contributed by atoms with Crippen LogP contribution < -0.4 is 14.8 Å². The van der Waals surface area contributed by atoms with Crippen molar-refractivity contribution in [2.45, 2.75) is 6.92 Å². The van der Waals surface area contributed by atoms with E-state index in [-0.39, 0.29) is 5.69 Å². The van der Waals surface area contributed by atoms with E-state index in [4.69, 9.17) is 9.47 Å². The van der Waals surface area contributed by atoms with Crippen LogP contribution in [0.2, 0.25) is 0 Å². The Bertz CT molecular complexity index is 1420. The van der Waals surface area contributed by atoms with Gasteiger partial charge in [-0.05, 0) is 42.8 Å². The number of aryl methyl sites for hydroxylation is 1. The van der Waals surface area contributed by atoms with Gasteiger partial charge in [0.2, 0.25) is 5.88 Å². The number of aromatic nitrogens is 5. The Labute approximate surface area is 176 Å². The Kier molecular flexibility index (Phi) is 4.55. The average Bonchev–Trinajstić information content (AvgIpc) is 3.25. The molecule has 0 aliphatic rings. The van der Waals surface area contributed by atoms with Crippen LogP contribution >= 0.6 is 0 Å². The van der Waals surface area contributed by atoms with Gasteiger partial charge < -0.3 is 14.8 Å². The van der Waals surface area contributed by atoms with Crippen molar-refractivity contribution in [2.75, 3.05) is 12.4 Å². The van der Waals surface area contributed by atoms with Gasteiger partial charge in [-0.25, -0.2) is 18.9 Å². The number of nitrogens with zero attached hydrogens (tertiary/aromatic N) is 5. The number of hydrogen-bond donors (Lipinski definition) is 1. The molecular formula is C22H17FN6O2. The lowest BCUT2D eigenvalue weighted by Crippen LogP contribution is -2.00. The number of pyridine rings is 3. The van der Waals surface area contributed by atoms with Crippen LogP contribution in [-0.2, 0) is 0 Å². The van der Waals surface area contributed by atoms with Gasteiger partial charge in [-0.1, -0.05) is 0 Å². The molecule has 0 saturated carbocycles. The van der Waals surface area contributed by atoms with Crippen molar-refractivity contribution in [3.05, 3.63) is 72.6 Å². The average molecular weight is 416 g/mol. The number of nitrogens with one attached hydrogen (secondary N) is 1. The molecular weight excluding hydrogens is 399 g/mol. The van der Waals surface area contributed by atoms with Crippen molar-refractivity contribution >= 4 is 28.1 Å². The Morgan fingerprint density at radius 1 is 1.06 bits per heavy atom. The highest BCUT2D eigenvalue weighted by Crippen LogP contribution is 2.32. The van der Waals surface area contributed by atoms with Crippen molar-refractivity contribution in [3.63, 3.8) is 0 Å². The van der Waals surface area contributed by atoms with Crippen molar-refractivity contribution in [1.82, 2.24) is 24.6 Å². The molecule has 5 rings (SSSR count). The van der Waals surface area contributed by atoms with E-state index in [1.54, 1.807) is 28.9 Å². The molecule has 9 heteroatoms. The fourth-order valence-corrected chi connectivity index (χ4v) is 3.23. The maximum absolute atomic E-state index is 14.6. The normalized spacial score (nSPS) is 11.1. The van der Waals surface area contributed by atoms with Gasteiger partial charge >= 0.3 is 0 Å². The number of benzene rings is 1. The fourth-order valence-electron chi connectivity index (χ4n) is 3.23. The molecule has 31 heavy (non-hydrogen) atoms. The summed E-state index contributed by atoms with van der Waals surface area (Å²) in [5.74, 6) is 1.20. The summed E-state index contributed by atoms with van der Waals surface area (Å²) in [4.78, 5) is 12.6. The van der Waals surface area contributed by atoms with Crippen LogP contribution in [-0.4, -0.2) is 31.7 Å². The molecule has 0 atom stereocenters. The molecule has 5 aromatic rings. The van der Waals surface area contributed by atoms with Crippen molar-refractivity contribution < 1.29 is 13.9 Å². The SMILES string of the molecule is COc1ccc2ncc(F)c(Nc3ccc(Oc4ccn5ncnc5c4)c(C)c3)c2n1. The predicted octanol–water partition coefficient (Wildman–Crippen LogP) is 4.66. The third kappa shape index (κ3) is 3.57. The zero-order chi connectivity index (χ0) is 21.4. The Balaban J connectivity index is 1.44. The number of ether oxygens (including phenoxy) is 2. The summed E-state index contributed by atoms with van der Waals surface area (Å²) in [7, 11) is 1.51. The second-order valence-corrected chi connectivity index (χ2v) is 6.84. The zero-order valence-electron chi connectivity index (χ0n) is 16.7. The quantitative estimate of drug-likeness (QED) is 0.446. The Morgan fingerprint density at radius 2 is 1.97 bits per heavy atom. The molecule has 0 unspecified atom stereocenters. The summed E-state index contributed by atoms with van der Waals surface area (Å²) in [6.45, 7) is 1.92. The minimum absolute atomic E-state index is 0.231. The van der Waals surface area contributed by atoms with Crippen LogP contribution in [0.25, 0.3) is 16.7 Å². The number of anilines is 2. The minimum atomic E-state index is -0.507. The molecule has 0 aliphatic heterocycles. The monoisotopic (exact) mass is 416 g/mol. The van der Waals surface area contributed by atoms with Gasteiger partial charge in [-0.3, -0.25) is 4.98 Å². The highest BCUT2D eigenvalue weighted by Gasteiger charge is 2.13. The van der Waals surface area contributed by atoms with Gasteiger partial charge in [-0.2, -0.15) is 5.10 Å². The summed E-state index contributed by atoms with van der Waals surface area (Å²) >= 11 is 0. The van der Waals surface area contributed by atoms with Crippen molar-refractivity contribution in [3.8, 4) is 17.4 Å². The lowest BCUT2D eigenvalue weighted by atomic mass is 10.2. The number of methoxy groups -OCH3 is 1. The van der Waals surface area contributed by atoms with E-state index in [1.807, 2.05) is 31.2 Å². The minimum Gasteiger partial charge on any atom is -0.481 e. The summed E-state index contributed by atoms with van der Waals surface area (Å²) in [6, 6.07) is 12.5. The van der Waals surface area contributed by atoms with Gasteiger partial charge in [0.05, 0.1) is 18.8 Å². The maximum Gasteiger partial charge on any atom is 0.213 e. The molecule has 1 N–H and O–H groups in total. The smallest absolute Gasteiger partial charge is 0.213 e. The van der Waals surface area contributed by atoms with Crippen LogP contribution in [0, 0.1) is 12.7 Å². The molecule has 0 fully saturated rings. The van der Waals surface area contributed by atoms with E-state index in [2.05, 4.69) is 25.4 Å². The molecule has 0 amide bonds. The standard InChI is InChI=1S/C22H17FN6O2/c1-13-9-14(3-5-18(13)31-15-7-8-29-19(10-15)25-12-26-29)27-21-16(23)11-24-17-4-6-20(30-2)28-22(17)21/h3-12H,1-2H3,(H,24,27). The molecule has 8 nitrogen and oxygen atoms in total. The van der Waals surface area contributed by atoms with Gasteiger partial charge in [0, 0.05) is 24.0 Å². The van der Waals surface area contributed by atoms with E-state index in [0.29, 0.717) is 39.7 Å². The lowest BCUT2D eigenvalue weighted by molar-refractivity contribution is 0.399. The summed E-state index contributed by atoms with van der Waals surface area (Å²) in [5.41, 5.74) is 3.43. The Hall–Kier alpha value is -4.27. The van der Waals surface area contributed by atoms with Crippen LogP contribution in [0.1, 0.15) is 5.56 Å². The highest BCUT2D eigenvalue weighted by molar-refractivity contribution is 5.90. The summed E-state index contributed by atoms with van der Waals surface area (Å²) < 4.78 is 27.4. The second kappa shape index (κ2) is 7.52. The third-order valence-corrected chi connectivity index (χ3v) is 4.77. The van der Waals surface area contributed by atoms with E-state index in [1.165, 1.54) is 19.6 Å². The molecule has 4 heterocycles. The first kappa shape index (κ1) is 18.7. The van der Waals surface area contributed by atoms with Crippen molar-refractivity contribution in [1.29, 1.82) is 0 Å². The van der Waals surface area contributed by atoms with Gasteiger partial charge in [0.1, 0.15) is 29.0 Å². The van der Waals surface area contributed by atoms with Gasteiger partial charge in [0.15, 0.2) is 11.5 Å². The predicted molar refractivity (Wildman–Crippen MR) is 114 cm³/mol. The molecule has 0 saturated heterocycles. The maximum atomic E-state index is 14.6. The molecule has 0 spiro atoms. The zero-order valence-corrected chi connectivity index (χ0v) is 16.7. The largest absolute Gasteiger partial charge is 0.481 e. The fraction of sp³-hybridized carbons (Fsp3) is 0.0909. The molecule has 1 aromatic carbocycles. The van der Waals surface area contributed by atoms with E-state index < -0.39 is 5.82 Å². The topological polar surface area (TPSA) is 86.5 Å². The number of halogens is 1. The molecule has 0 bridgehead atoms. The van der Waals surface area contributed by atoms with Gasteiger partial charge in [-0.15, -0.1) is 0 Å². The lowest BCUT2D eigenvalue weighted by Gasteiger charge is -2.13. The van der Waals surface area contributed by atoms with Crippen LogP contribution in [0.3, 0.4) is 0 Å². The number of hydrogen-bond acceptors (Lipinski definition) is 7. The number of rotatable bonds is 5. The summed E-state index contributed by atoms with van der Waals surface area (Å²) in [5, 5.41) is 7.18. The molecule has 0 aliphatic carbocycles. The summed E-state index contributed by atoms with van der Waals surface area (Å²) in [6.07, 6.45) is 4.43. The Morgan fingerprint density at radius 3 is 2.81 bits per heavy atom. The first-order valence-corrected chi connectivity index (χ1v) is 9.45. The molecule has 154 valence electrons. The highest BCUT2D eigenvalue weighted by atomic mass is 19.1. The van der Waals surface area contributed by atoms with Crippen LogP contribution in [0.5, 0.6) is 17.4 Å². The van der Waals surface area contributed by atoms with E-state index >= 15 is 0 Å². The first-order chi connectivity index (χ1) is 15.1. The van der Waals surface area contributed by atoms with E-state index in [0.717, 1.165) is 5.56 Å². The van der Waals surface area contributed by atoms with Crippen LogP contribution in [0.4, 0.5) is 15.8 Å². The molecule has 0 radical (unpaired) electrons. The molecule has 4 aromatic heterocycles. The third-order valence-electron chi connectivity index (χ3n) is 4.77. The first-order valence-electron chi connectivity index (χ1n) is 9.45. The van der Waals surface area contributed by atoms with E-state index in [9.17, 15) is 4.39 Å². The number of fused-ring (bicyclic) bond motifs is 2. The van der Waals surface area contributed by atoms with Crippen LogP contribution in [0.15, 0.2) is 61.2 Å². The van der Waals surface area contributed by atoms with Gasteiger partial charge in [0.25, 0.3) is 0 Å². The second-order valence-electron chi connectivity index (χ2n) is 6.84.